The van der Waals surface area contributed by atoms with Crippen LogP contribution in [0.1, 0.15) is 51.0 Å². The molecule has 0 fully saturated rings. The van der Waals surface area contributed by atoms with Gasteiger partial charge in [0.1, 0.15) is 17.3 Å². The molecule has 1 unspecified atom stereocenters. The standard InChI is InChI=1S/C29H37FN4O4/c1-18(2)14-22(15-27(35)31-21-12-10-20(30)11-13-21)32-29(36)23-16-24(34(33-23)17-19(3)4)28-25(37-5)8-7-9-26(28)38-6/h7-13,16,18-19,22H,14-15,17H2,1-6H3,(H,31,35)(H,32,36). The maximum atomic E-state index is 13.4. The van der Waals surface area contributed by atoms with Gasteiger partial charge < -0.3 is 20.1 Å². The third kappa shape index (κ3) is 7.57. The molecule has 0 spiro atoms. The predicted octanol–water partition coefficient (Wildman–Crippen LogP) is 5.54. The number of methoxy groups -OCH3 is 2. The van der Waals surface area contributed by atoms with Crippen molar-refractivity contribution in [2.75, 3.05) is 19.5 Å². The largest absolute Gasteiger partial charge is 0.496 e. The third-order valence-electron chi connectivity index (χ3n) is 5.89. The van der Waals surface area contributed by atoms with Crippen LogP contribution in [0.25, 0.3) is 11.3 Å². The van der Waals surface area contributed by atoms with E-state index < -0.39 is 6.04 Å². The summed E-state index contributed by atoms with van der Waals surface area (Å²) in [5.41, 5.74) is 2.14. The fourth-order valence-electron chi connectivity index (χ4n) is 4.31. The summed E-state index contributed by atoms with van der Waals surface area (Å²) >= 11 is 0. The highest BCUT2D eigenvalue weighted by Crippen LogP contribution is 2.38. The van der Waals surface area contributed by atoms with Crippen molar-refractivity contribution in [2.45, 2.75) is 53.1 Å². The number of halogens is 1. The molecule has 1 atom stereocenters. The van der Waals surface area contributed by atoms with E-state index in [1.165, 1.54) is 24.3 Å². The van der Waals surface area contributed by atoms with Crippen molar-refractivity contribution in [1.29, 1.82) is 0 Å². The molecule has 3 rings (SSSR count). The van der Waals surface area contributed by atoms with Crippen LogP contribution < -0.4 is 20.1 Å². The van der Waals surface area contributed by atoms with E-state index in [0.29, 0.717) is 41.4 Å². The van der Waals surface area contributed by atoms with E-state index in [1.807, 2.05) is 32.0 Å². The van der Waals surface area contributed by atoms with Crippen LogP contribution in [0.4, 0.5) is 10.1 Å². The van der Waals surface area contributed by atoms with Crippen LogP contribution in [-0.2, 0) is 11.3 Å². The van der Waals surface area contributed by atoms with Crippen molar-refractivity contribution >= 4 is 17.5 Å². The molecule has 9 heteroatoms. The van der Waals surface area contributed by atoms with Crippen LogP contribution in [0.5, 0.6) is 11.5 Å². The first kappa shape index (κ1) is 28.7. The molecule has 204 valence electrons. The van der Waals surface area contributed by atoms with Crippen LogP contribution in [0.3, 0.4) is 0 Å². The molecule has 3 aromatic rings. The molecule has 0 radical (unpaired) electrons. The molecule has 8 nitrogen and oxygen atoms in total. The average molecular weight is 525 g/mol. The number of amides is 2. The first-order valence-corrected chi connectivity index (χ1v) is 12.8. The Morgan fingerprint density at radius 2 is 1.61 bits per heavy atom. The first-order valence-electron chi connectivity index (χ1n) is 12.8. The highest BCUT2D eigenvalue weighted by Gasteiger charge is 2.24. The second kappa shape index (κ2) is 13.1. The fraction of sp³-hybridized carbons (Fsp3) is 0.414. The molecular weight excluding hydrogens is 487 g/mol. The van der Waals surface area contributed by atoms with Gasteiger partial charge in [0.2, 0.25) is 5.91 Å². The molecule has 0 saturated heterocycles. The lowest BCUT2D eigenvalue weighted by Crippen LogP contribution is -2.38. The molecule has 2 aromatic carbocycles. The molecule has 0 aliphatic rings. The van der Waals surface area contributed by atoms with Gasteiger partial charge in [0, 0.05) is 24.7 Å². The number of aromatic nitrogens is 2. The van der Waals surface area contributed by atoms with Gasteiger partial charge in [0.25, 0.3) is 5.91 Å². The first-order chi connectivity index (χ1) is 18.1. The predicted molar refractivity (Wildman–Crippen MR) is 146 cm³/mol. The summed E-state index contributed by atoms with van der Waals surface area (Å²) in [5.74, 6) is 0.706. The zero-order valence-corrected chi connectivity index (χ0v) is 22.9. The van der Waals surface area contributed by atoms with E-state index in [1.54, 1.807) is 25.0 Å². The van der Waals surface area contributed by atoms with Gasteiger partial charge in [0.05, 0.1) is 25.5 Å². The lowest BCUT2D eigenvalue weighted by Gasteiger charge is -2.20. The van der Waals surface area contributed by atoms with E-state index >= 15 is 0 Å². The zero-order chi connectivity index (χ0) is 27.8. The number of nitrogens with one attached hydrogen (secondary N) is 2. The van der Waals surface area contributed by atoms with Crippen molar-refractivity contribution in [2.24, 2.45) is 11.8 Å². The monoisotopic (exact) mass is 524 g/mol. The van der Waals surface area contributed by atoms with Gasteiger partial charge in [-0.15, -0.1) is 0 Å². The minimum atomic E-state index is -0.414. The molecule has 2 N–H and O–H groups in total. The molecule has 1 aromatic heterocycles. The Morgan fingerprint density at radius 3 is 2.16 bits per heavy atom. The number of anilines is 1. The van der Waals surface area contributed by atoms with Crippen LogP contribution in [0.2, 0.25) is 0 Å². The summed E-state index contributed by atoms with van der Waals surface area (Å²) in [6, 6.07) is 12.4. The van der Waals surface area contributed by atoms with Crippen LogP contribution in [0.15, 0.2) is 48.5 Å². The second-order valence-corrected chi connectivity index (χ2v) is 10.1. The van der Waals surface area contributed by atoms with Crippen molar-refractivity contribution < 1.29 is 23.5 Å². The molecule has 2 amide bonds. The lowest BCUT2D eigenvalue weighted by molar-refractivity contribution is -0.116. The smallest absolute Gasteiger partial charge is 0.272 e. The Morgan fingerprint density at radius 1 is 0.974 bits per heavy atom. The van der Waals surface area contributed by atoms with Crippen molar-refractivity contribution in [3.63, 3.8) is 0 Å². The van der Waals surface area contributed by atoms with Crippen molar-refractivity contribution in [3.05, 3.63) is 60.0 Å². The normalized spacial score (nSPS) is 11.9. The number of nitrogens with zero attached hydrogens (tertiary/aromatic N) is 2. The fourth-order valence-corrected chi connectivity index (χ4v) is 4.31. The molecule has 0 aliphatic heterocycles. The Labute approximate surface area is 223 Å². The van der Waals surface area contributed by atoms with E-state index in [-0.39, 0.29) is 41.6 Å². The molecule has 0 bridgehead atoms. The zero-order valence-electron chi connectivity index (χ0n) is 22.9. The molecule has 38 heavy (non-hydrogen) atoms. The van der Waals surface area contributed by atoms with E-state index in [4.69, 9.17) is 9.47 Å². The minimum absolute atomic E-state index is 0.0706. The number of benzene rings is 2. The van der Waals surface area contributed by atoms with Gasteiger partial charge >= 0.3 is 0 Å². The number of carbonyl (C=O) groups is 2. The summed E-state index contributed by atoms with van der Waals surface area (Å²) < 4.78 is 26.2. The van der Waals surface area contributed by atoms with Gasteiger partial charge in [0.15, 0.2) is 5.69 Å². The summed E-state index contributed by atoms with van der Waals surface area (Å²) in [4.78, 5) is 26.1. The third-order valence-corrected chi connectivity index (χ3v) is 5.89. The topological polar surface area (TPSA) is 94.5 Å². The Kier molecular flexibility index (Phi) is 9.87. The van der Waals surface area contributed by atoms with E-state index in [0.717, 1.165) is 0 Å². The van der Waals surface area contributed by atoms with E-state index in [2.05, 4.69) is 29.6 Å². The number of hydrogen-bond acceptors (Lipinski definition) is 5. The van der Waals surface area contributed by atoms with Gasteiger partial charge in [-0.2, -0.15) is 5.10 Å². The lowest BCUT2D eigenvalue weighted by atomic mass is 10.0. The average Bonchev–Trinajstić information content (AvgIpc) is 3.27. The quantitative estimate of drug-likeness (QED) is 0.325. The van der Waals surface area contributed by atoms with Crippen molar-refractivity contribution in [1.82, 2.24) is 15.1 Å². The Bertz CT molecular complexity index is 1220. The Hall–Kier alpha value is -3.88. The van der Waals surface area contributed by atoms with Crippen molar-refractivity contribution in [3.8, 4) is 22.8 Å². The number of ether oxygens (including phenoxy) is 2. The minimum Gasteiger partial charge on any atom is -0.496 e. The van der Waals surface area contributed by atoms with E-state index in [9.17, 15) is 14.0 Å². The van der Waals surface area contributed by atoms with Gasteiger partial charge in [-0.05, 0) is 60.7 Å². The number of hydrogen-bond donors (Lipinski definition) is 2. The summed E-state index contributed by atoms with van der Waals surface area (Å²) in [6.45, 7) is 8.78. The van der Waals surface area contributed by atoms with Crippen LogP contribution >= 0.6 is 0 Å². The van der Waals surface area contributed by atoms with Gasteiger partial charge in [-0.25, -0.2) is 4.39 Å². The molecule has 0 saturated carbocycles. The van der Waals surface area contributed by atoms with Gasteiger partial charge in [-0.3, -0.25) is 14.3 Å². The van der Waals surface area contributed by atoms with Gasteiger partial charge in [-0.1, -0.05) is 33.8 Å². The number of carbonyl (C=O) groups excluding carboxylic acids is 2. The van der Waals surface area contributed by atoms with Crippen LogP contribution in [0, 0.1) is 17.7 Å². The highest BCUT2D eigenvalue weighted by molar-refractivity contribution is 5.95. The summed E-state index contributed by atoms with van der Waals surface area (Å²) in [5, 5.41) is 10.4. The summed E-state index contributed by atoms with van der Waals surface area (Å²) in [6.07, 6.45) is 0.670. The Balaban J connectivity index is 1.86. The van der Waals surface area contributed by atoms with Crippen LogP contribution in [-0.4, -0.2) is 41.9 Å². The SMILES string of the molecule is COc1cccc(OC)c1-c1cc(C(=O)NC(CC(=O)Nc2ccc(F)cc2)CC(C)C)nn1CC(C)C. The maximum absolute atomic E-state index is 13.4. The maximum Gasteiger partial charge on any atom is 0.272 e. The number of rotatable bonds is 12. The second-order valence-electron chi connectivity index (χ2n) is 10.1. The molecular formula is C29H37FN4O4. The highest BCUT2D eigenvalue weighted by atomic mass is 19.1. The molecule has 0 aliphatic carbocycles. The molecule has 1 heterocycles. The summed E-state index contributed by atoms with van der Waals surface area (Å²) in [7, 11) is 3.17.